The van der Waals surface area contributed by atoms with E-state index in [1.165, 1.54) is 0 Å². The highest BCUT2D eigenvalue weighted by molar-refractivity contribution is 6.30. The molecule has 2 N–H and O–H groups in total. The van der Waals surface area contributed by atoms with Crippen molar-refractivity contribution >= 4 is 17.3 Å². The van der Waals surface area contributed by atoms with Crippen LogP contribution in [0.25, 0.3) is 0 Å². The number of ether oxygens (including phenoxy) is 1. The zero-order valence-corrected chi connectivity index (χ0v) is 9.66. The van der Waals surface area contributed by atoms with Crippen molar-refractivity contribution in [2.45, 2.75) is 6.92 Å². The maximum Gasteiger partial charge on any atom is 0.130 e. The first-order chi connectivity index (χ1) is 7.65. The van der Waals surface area contributed by atoms with Crippen LogP contribution in [0.2, 0.25) is 5.02 Å². The molecule has 0 spiro atoms. The number of benzene rings is 2. The summed E-state index contributed by atoms with van der Waals surface area (Å²) in [5.74, 6) is 1.51. The molecule has 3 heteroatoms. The smallest absolute Gasteiger partial charge is 0.130 e. The molecule has 2 rings (SSSR count). The molecule has 2 nitrogen and oxygen atoms in total. The van der Waals surface area contributed by atoms with Crippen LogP contribution in [-0.2, 0) is 0 Å². The Morgan fingerprint density at radius 3 is 2.62 bits per heavy atom. The average molecular weight is 234 g/mol. The molecule has 0 aliphatic rings. The zero-order chi connectivity index (χ0) is 11.5. The van der Waals surface area contributed by atoms with Crippen molar-refractivity contribution in [1.82, 2.24) is 0 Å². The van der Waals surface area contributed by atoms with Gasteiger partial charge in [0.2, 0.25) is 0 Å². The quantitative estimate of drug-likeness (QED) is 0.795. The van der Waals surface area contributed by atoms with Crippen LogP contribution in [0, 0.1) is 6.92 Å². The van der Waals surface area contributed by atoms with Crippen LogP contribution >= 0.6 is 11.6 Å². The molecule has 2 aromatic carbocycles. The van der Waals surface area contributed by atoms with Gasteiger partial charge in [0.05, 0.1) is 0 Å². The van der Waals surface area contributed by atoms with Crippen molar-refractivity contribution in [3.8, 4) is 11.5 Å². The van der Waals surface area contributed by atoms with E-state index in [-0.39, 0.29) is 0 Å². The molecule has 16 heavy (non-hydrogen) atoms. The highest BCUT2D eigenvalue weighted by Gasteiger charge is 2.02. The van der Waals surface area contributed by atoms with Gasteiger partial charge in [-0.15, -0.1) is 0 Å². The molecule has 0 aliphatic heterocycles. The van der Waals surface area contributed by atoms with Gasteiger partial charge in [-0.1, -0.05) is 17.7 Å². The largest absolute Gasteiger partial charge is 0.457 e. The normalized spacial score (nSPS) is 10.1. The summed E-state index contributed by atoms with van der Waals surface area (Å²) in [7, 11) is 0. The molecule has 0 atom stereocenters. The molecule has 0 aliphatic carbocycles. The number of rotatable bonds is 2. The SMILES string of the molecule is Cc1cc(N)ccc1Oc1cccc(Cl)c1. The van der Waals surface area contributed by atoms with Gasteiger partial charge in [0.25, 0.3) is 0 Å². The van der Waals surface area contributed by atoms with E-state index in [1.54, 1.807) is 6.07 Å². The van der Waals surface area contributed by atoms with Crippen molar-refractivity contribution in [2.75, 3.05) is 5.73 Å². The van der Waals surface area contributed by atoms with Gasteiger partial charge in [-0.2, -0.15) is 0 Å². The number of hydrogen-bond donors (Lipinski definition) is 1. The van der Waals surface area contributed by atoms with Crippen LogP contribution in [0.3, 0.4) is 0 Å². The molecule has 0 heterocycles. The third kappa shape index (κ3) is 2.47. The van der Waals surface area contributed by atoms with Crippen molar-refractivity contribution in [3.63, 3.8) is 0 Å². The summed E-state index contributed by atoms with van der Waals surface area (Å²) in [6.45, 7) is 1.95. The fourth-order valence-electron chi connectivity index (χ4n) is 1.44. The van der Waals surface area contributed by atoms with Gasteiger partial charge in [-0.3, -0.25) is 0 Å². The lowest BCUT2D eigenvalue weighted by Crippen LogP contribution is -1.90. The van der Waals surface area contributed by atoms with Gasteiger partial charge in [0, 0.05) is 10.7 Å². The minimum atomic E-state index is 0.658. The Labute approximate surface area is 99.6 Å². The minimum absolute atomic E-state index is 0.658. The molecular weight excluding hydrogens is 222 g/mol. The van der Waals surface area contributed by atoms with E-state index in [9.17, 15) is 0 Å². The topological polar surface area (TPSA) is 35.2 Å². The molecule has 0 unspecified atom stereocenters. The van der Waals surface area contributed by atoms with Crippen molar-refractivity contribution < 1.29 is 4.74 Å². The van der Waals surface area contributed by atoms with Crippen molar-refractivity contribution in [3.05, 3.63) is 53.1 Å². The minimum Gasteiger partial charge on any atom is -0.457 e. The van der Waals surface area contributed by atoms with Gasteiger partial charge in [0.15, 0.2) is 0 Å². The van der Waals surface area contributed by atoms with E-state index in [0.29, 0.717) is 5.02 Å². The Kier molecular flexibility index (Phi) is 3.02. The number of aryl methyl sites for hydroxylation is 1. The van der Waals surface area contributed by atoms with Crippen LogP contribution in [0.15, 0.2) is 42.5 Å². The molecule has 0 fully saturated rings. The summed E-state index contributed by atoms with van der Waals surface area (Å²) in [4.78, 5) is 0. The average Bonchev–Trinajstić information content (AvgIpc) is 2.22. The van der Waals surface area contributed by atoms with Gasteiger partial charge in [-0.05, 0) is 48.9 Å². The second kappa shape index (κ2) is 4.45. The van der Waals surface area contributed by atoms with Crippen LogP contribution < -0.4 is 10.5 Å². The molecule has 0 radical (unpaired) electrons. The predicted molar refractivity (Wildman–Crippen MR) is 67.1 cm³/mol. The highest BCUT2D eigenvalue weighted by Crippen LogP contribution is 2.27. The fraction of sp³-hybridized carbons (Fsp3) is 0.0769. The van der Waals surface area contributed by atoms with Gasteiger partial charge in [-0.25, -0.2) is 0 Å². The monoisotopic (exact) mass is 233 g/mol. The fourth-order valence-corrected chi connectivity index (χ4v) is 1.62. The Bertz CT molecular complexity index is 511. The molecule has 0 amide bonds. The van der Waals surface area contributed by atoms with E-state index in [1.807, 2.05) is 43.3 Å². The summed E-state index contributed by atoms with van der Waals surface area (Å²) in [5, 5.41) is 0.658. The second-order valence-corrected chi connectivity index (χ2v) is 4.02. The predicted octanol–water partition coefficient (Wildman–Crippen LogP) is 4.02. The standard InChI is InChI=1S/C13H12ClNO/c1-9-7-11(15)5-6-13(9)16-12-4-2-3-10(14)8-12/h2-8H,15H2,1H3. The molecule has 0 bridgehead atoms. The first-order valence-electron chi connectivity index (χ1n) is 4.95. The van der Waals surface area contributed by atoms with Crippen molar-refractivity contribution in [2.24, 2.45) is 0 Å². The van der Waals surface area contributed by atoms with E-state index in [0.717, 1.165) is 22.7 Å². The Hall–Kier alpha value is -1.67. The summed E-state index contributed by atoms with van der Waals surface area (Å²) in [5.41, 5.74) is 7.40. The third-order valence-corrected chi connectivity index (χ3v) is 2.46. The number of nitrogens with two attached hydrogens (primary N) is 1. The first-order valence-corrected chi connectivity index (χ1v) is 5.32. The number of anilines is 1. The highest BCUT2D eigenvalue weighted by atomic mass is 35.5. The zero-order valence-electron chi connectivity index (χ0n) is 8.91. The Morgan fingerprint density at radius 1 is 1.12 bits per heavy atom. The first kappa shape index (κ1) is 10.8. The van der Waals surface area contributed by atoms with Crippen LogP contribution in [0.1, 0.15) is 5.56 Å². The lowest BCUT2D eigenvalue weighted by atomic mass is 10.2. The molecule has 0 saturated carbocycles. The van der Waals surface area contributed by atoms with Gasteiger partial charge >= 0.3 is 0 Å². The van der Waals surface area contributed by atoms with Crippen LogP contribution in [-0.4, -0.2) is 0 Å². The summed E-state index contributed by atoms with van der Waals surface area (Å²) in [6.07, 6.45) is 0. The van der Waals surface area contributed by atoms with Crippen LogP contribution in [0.5, 0.6) is 11.5 Å². The summed E-state index contributed by atoms with van der Waals surface area (Å²) < 4.78 is 5.70. The van der Waals surface area contributed by atoms with E-state index < -0.39 is 0 Å². The molecule has 0 saturated heterocycles. The third-order valence-electron chi connectivity index (χ3n) is 2.22. The molecule has 2 aromatic rings. The number of nitrogen functional groups attached to an aromatic ring is 1. The lowest BCUT2D eigenvalue weighted by molar-refractivity contribution is 0.479. The lowest BCUT2D eigenvalue weighted by Gasteiger charge is -2.09. The molecular formula is C13H12ClNO. The van der Waals surface area contributed by atoms with E-state index in [2.05, 4.69) is 0 Å². The van der Waals surface area contributed by atoms with Crippen LogP contribution in [0.4, 0.5) is 5.69 Å². The van der Waals surface area contributed by atoms with E-state index in [4.69, 9.17) is 22.1 Å². The Morgan fingerprint density at radius 2 is 1.94 bits per heavy atom. The van der Waals surface area contributed by atoms with Gasteiger partial charge < -0.3 is 10.5 Å². The summed E-state index contributed by atoms with van der Waals surface area (Å²) >= 11 is 5.88. The number of hydrogen-bond acceptors (Lipinski definition) is 2. The summed E-state index contributed by atoms with van der Waals surface area (Å²) in [6, 6.07) is 12.8. The second-order valence-electron chi connectivity index (χ2n) is 3.58. The number of halogens is 1. The Balaban J connectivity index is 2.27. The maximum atomic E-state index is 5.88. The van der Waals surface area contributed by atoms with E-state index >= 15 is 0 Å². The molecule has 82 valence electrons. The maximum absolute atomic E-state index is 5.88. The molecule has 0 aromatic heterocycles. The van der Waals surface area contributed by atoms with Crippen molar-refractivity contribution in [1.29, 1.82) is 0 Å². The van der Waals surface area contributed by atoms with Gasteiger partial charge in [0.1, 0.15) is 11.5 Å².